The first-order valence-electron chi connectivity index (χ1n) is 8.46. The fourth-order valence-corrected chi connectivity index (χ4v) is 5.27. The number of nitrogens with zero attached hydrogens (tertiary/aromatic N) is 4. The van der Waals surface area contributed by atoms with Crippen LogP contribution in [-0.2, 0) is 21.1 Å². The van der Waals surface area contributed by atoms with Gasteiger partial charge in [-0.2, -0.15) is 5.10 Å². The Hall–Kier alpha value is -1.96. The molecule has 1 atom stereocenters. The Morgan fingerprint density at radius 3 is 2.72 bits per heavy atom. The van der Waals surface area contributed by atoms with Gasteiger partial charge in [0, 0.05) is 37.0 Å². The van der Waals surface area contributed by atoms with Gasteiger partial charge < -0.3 is 4.90 Å². The van der Waals surface area contributed by atoms with Crippen LogP contribution in [0.4, 0.5) is 0 Å². The molecule has 0 saturated carbocycles. The van der Waals surface area contributed by atoms with Crippen molar-refractivity contribution in [2.75, 3.05) is 18.6 Å². The summed E-state index contributed by atoms with van der Waals surface area (Å²) in [5.41, 5.74) is 4.65. The second kappa shape index (κ2) is 6.40. The molecular weight excluding hydrogens is 340 g/mol. The van der Waals surface area contributed by atoms with Crippen molar-refractivity contribution in [3.05, 3.63) is 28.7 Å². The molecule has 0 spiro atoms. The molecule has 136 valence electrons. The molecule has 7 nitrogen and oxygen atoms in total. The molecule has 25 heavy (non-hydrogen) atoms. The maximum absolute atomic E-state index is 12.5. The third-order valence-corrected chi connectivity index (χ3v) is 6.77. The summed E-state index contributed by atoms with van der Waals surface area (Å²) in [6, 6.07) is 1.73. The molecule has 1 fully saturated rings. The quantitative estimate of drug-likeness (QED) is 0.815. The molecule has 1 amide bonds. The number of aryl methyl sites for hydroxylation is 3. The number of fused-ring (bicyclic) bond motifs is 1. The standard InChI is InChI=1S/C17H24N4O3S/c1-11-9-16-18-12(2)15(13(3)21(16)19-11)5-6-17(22)20(4)14-7-8-25(23,24)10-14/h9,14H,5-8,10H2,1-4H3. The minimum Gasteiger partial charge on any atom is -0.342 e. The van der Waals surface area contributed by atoms with E-state index in [2.05, 4.69) is 10.1 Å². The highest BCUT2D eigenvalue weighted by Gasteiger charge is 2.32. The summed E-state index contributed by atoms with van der Waals surface area (Å²) < 4.78 is 25.0. The van der Waals surface area contributed by atoms with E-state index < -0.39 is 9.84 Å². The van der Waals surface area contributed by atoms with E-state index in [0.717, 1.165) is 28.3 Å². The van der Waals surface area contributed by atoms with Crippen molar-refractivity contribution in [3.63, 3.8) is 0 Å². The van der Waals surface area contributed by atoms with E-state index in [4.69, 9.17) is 0 Å². The highest BCUT2D eigenvalue weighted by molar-refractivity contribution is 7.91. The molecule has 2 aromatic rings. The number of aromatic nitrogens is 3. The SMILES string of the molecule is Cc1cc2nc(C)c(CCC(=O)N(C)C3CCS(=O)(=O)C3)c(C)n2n1. The van der Waals surface area contributed by atoms with Crippen LogP contribution in [0.1, 0.15) is 35.5 Å². The van der Waals surface area contributed by atoms with E-state index in [1.54, 1.807) is 11.9 Å². The zero-order valence-corrected chi connectivity index (χ0v) is 15.9. The Balaban J connectivity index is 1.73. The Kier molecular flexibility index (Phi) is 4.57. The van der Waals surface area contributed by atoms with Gasteiger partial charge in [0.1, 0.15) is 0 Å². The van der Waals surface area contributed by atoms with Crippen molar-refractivity contribution in [1.82, 2.24) is 19.5 Å². The van der Waals surface area contributed by atoms with Crippen LogP contribution in [0, 0.1) is 20.8 Å². The zero-order valence-electron chi connectivity index (χ0n) is 15.1. The van der Waals surface area contributed by atoms with E-state index in [-0.39, 0.29) is 23.5 Å². The van der Waals surface area contributed by atoms with Gasteiger partial charge in [0.05, 0.1) is 17.2 Å². The van der Waals surface area contributed by atoms with E-state index >= 15 is 0 Å². The van der Waals surface area contributed by atoms with Crippen LogP contribution in [-0.4, -0.2) is 58.4 Å². The number of amides is 1. The molecule has 0 bridgehead atoms. The van der Waals surface area contributed by atoms with E-state index in [0.29, 0.717) is 19.3 Å². The van der Waals surface area contributed by atoms with Gasteiger partial charge in [-0.25, -0.2) is 17.9 Å². The van der Waals surface area contributed by atoms with E-state index in [1.807, 2.05) is 31.4 Å². The van der Waals surface area contributed by atoms with Crippen molar-refractivity contribution in [3.8, 4) is 0 Å². The number of hydrogen-bond acceptors (Lipinski definition) is 5. The highest BCUT2D eigenvalue weighted by Crippen LogP contribution is 2.20. The van der Waals surface area contributed by atoms with Gasteiger partial charge in [-0.15, -0.1) is 0 Å². The summed E-state index contributed by atoms with van der Waals surface area (Å²) in [5.74, 6) is 0.220. The number of hydrogen-bond donors (Lipinski definition) is 0. The molecule has 8 heteroatoms. The lowest BCUT2D eigenvalue weighted by atomic mass is 10.1. The first kappa shape index (κ1) is 17.8. The highest BCUT2D eigenvalue weighted by atomic mass is 32.2. The normalized spacial score (nSPS) is 19.4. The van der Waals surface area contributed by atoms with Crippen LogP contribution >= 0.6 is 0 Å². The molecular formula is C17H24N4O3S. The van der Waals surface area contributed by atoms with Crippen molar-refractivity contribution < 1.29 is 13.2 Å². The Bertz CT molecular complexity index is 933. The van der Waals surface area contributed by atoms with Crippen LogP contribution in [0.3, 0.4) is 0 Å². The maximum Gasteiger partial charge on any atom is 0.222 e. The number of carbonyl (C=O) groups is 1. The van der Waals surface area contributed by atoms with Gasteiger partial charge in [0.2, 0.25) is 5.91 Å². The second-order valence-corrected chi connectivity index (χ2v) is 9.11. The van der Waals surface area contributed by atoms with Crippen molar-refractivity contribution in [2.24, 2.45) is 0 Å². The van der Waals surface area contributed by atoms with Crippen molar-refractivity contribution in [1.29, 1.82) is 0 Å². The van der Waals surface area contributed by atoms with E-state index in [1.165, 1.54) is 0 Å². The van der Waals surface area contributed by atoms with Crippen molar-refractivity contribution >= 4 is 21.4 Å². The predicted octanol–water partition coefficient (Wildman–Crippen LogP) is 1.23. The molecule has 3 rings (SSSR count). The van der Waals surface area contributed by atoms with Crippen LogP contribution in [0.25, 0.3) is 5.65 Å². The van der Waals surface area contributed by atoms with Gasteiger partial charge in [-0.05, 0) is 39.2 Å². The van der Waals surface area contributed by atoms with Crippen LogP contribution in [0.15, 0.2) is 6.07 Å². The van der Waals surface area contributed by atoms with Gasteiger partial charge in [-0.3, -0.25) is 4.79 Å². The molecule has 1 saturated heterocycles. The zero-order chi connectivity index (χ0) is 18.4. The maximum atomic E-state index is 12.5. The van der Waals surface area contributed by atoms with Gasteiger partial charge >= 0.3 is 0 Å². The van der Waals surface area contributed by atoms with Gasteiger partial charge in [0.15, 0.2) is 15.5 Å². The lowest BCUT2D eigenvalue weighted by Crippen LogP contribution is -2.38. The molecule has 3 heterocycles. The van der Waals surface area contributed by atoms with Crippen LogP contribution < -0.4 is 0 Å². The average molecular weight is 364 g/mol. The fourth-order valence-electron chi connectivity index (χ4n) is 3.50. The Labute approximate surface area is 148 Å². The van der Waals surface area contributed by atoms with Crippen molar-refractivity contribution in [2.45, 2.75) is 46.1 Å². The number of sulfone groups is 1. The molecule has 0 N–H and O–H groups in total. The Morgan fingerprint density at radius 2 is 2.08 bits per heavy atom. The van der Waals surface area contributed by atoms with Crippen LogP contribution in [0.5, 0.6) is 0 Å². The third-order valence-electron chi connectivity index (χ3n) is 5.02. The lowest BCUT2D eigenvalue weighted by Gasteiger charge is -2.23. The minimum absolute atomic E-state index is 0.0300. The minimum atomic E-state index is -2.99. The summed E-state index contributed by atoms with van der Waals surface area (Å²) in [5, 5.41) is 4.45. The first-order valence-corrected chi connectivity index (χ1v) is 10.3. The summed E-state index contributed by atoms with van der Waals surface area (Å²) >= 11 is 0. The summed E-state index contributed by atoms with van der Waals surface area (Å²) in [6.07, 6.45) is 1.44. The monoisotopic (exact) mass is 364 g/mol. The van der Waals surface area contributed by atoms with E-state index in [9.17, 15) is 13.2 Å². The topological polar surface area (TPSA) is 84.6 Å². The molecule has 1 unspecified atom stereocenters. The van der Waals surface area contributed by atoms with Gasteiger partial charge in [-0.1, -0.05) is 0 Å². The summed E-state index contributed by atoms with van der Waals surface area (Å²) in [7, 11) is -1.29. The molecule has 0 aliphatic carbocycles. The summed E-state index contributed by atoms with van der Waals surface area (Å²) in [6.45, 7) is 5.86. The molecule has 0 aromatic carbocycles. The Morgan fingerprint density at radius 1 is 1.36 bits per heavy atom. The average Bonchev–Trinajstić information content (AvgIpc) is 3.07. The number of rotatable bonds is 4. The molecule has 1 aliphatic heterocycles. The lowest BCUT2D eigenvalue weighted by molar-refractivity contribution is -0.131. The smallest absolute Gasteiger partial charge is 0.222 e. The third kappa shape index (κ3) is 3.53. The van der Waals surface area contributed by atoms with Crippen LogP contribution in [0.2, 0.25) is 0 Å². The predicted molar refractivity (Wildman–Crippen MR) is 95.3 cm³/mol. The molecule has 0 radical (unpaired) electrons. The second-order valence-electron chi connectivity index (χ2n) is 6.88. The largest absolute Gasteiger partial charge is 0.342 e. The molecule has 1 aliphatic rings. The summed E-state index contributed by atoms with van der Waals surface area (Å²) in [4.78, 5) is 18.7. The van der Waals surface area contributed by atoms with Gasteiger partial charge in [0.25, 0.3) is 0 Å². The number of carbonyl (C=O) groups excluding carboxylic acids is 1. The fraction of sp³-hybridized carbons (Fsp3) is 0.588. The first-order chi connectivity index (χ1) is 11.7. The molecule has 2 aromatic heterocycles.